The van der Waals surface area contributed by atoms with Gasteiger partial charge in [0.05, 0.1) is 11.3 Å². The van der Waals surface area contributed by atoms with Gasteiger partial charge >= 0.3 is 12.1 Å². The van der Waals surface area contributed by atoms with Gasteiger partial charge in [0.2, 0.25) is 0 Å². The third-order valence-electron chi connectivity index (χ3n) is 7.48. The normalized spacial score (nSPS) is 16.2. The molecule has 0 aliphatic carbocycles. The van der Waals surface area contributed by atoms with Crippen LogP contribution < -0.4 is 10.1 Å². The number of likely N-dealkylation sites (tertiary alicyclic amines) is 1. The van der Waals surface area contributed by atoms with Crippen LogP contribution in [0.2, 0.25) is 0 Å². The molecule has 1 aromatic heterocycles. The topological polar surface area (TPSA) is 115 Å². The Labute approximate surface area is 239 Å². The van der Waals surface area contributed by atoms with Crippen molar-refractivity contribution in [1.29, 1.82) is 0 Å². The van der Waals surface area contributed by atoms with Gasteiger partial charge in [0.1, 0.15) is 5.75 Å². The fourth-order valence-corrected chi connectivity index (χ4v) is 5.07. The number of carboxylic acid groups (broad SMARTS) is 1. The molecule has 5 rings (SSSR count). The standard InChI is InChI=1S/C31H35N5O5/c37-29(24-6-4-23(5-7-24)21-34-14-2-1-3-15-34)33-26-10-12-28(13-11-26)41-31(40)36-18-16-35(17-19-36)22-27-9-8-25(20-32-27)30(38)39/h4-13,20H,1-3,14-19,21-22H2,(H,33,37)(H,38,39). The van der Waals surface area contributed by atoms with Crippen LogP contribution in [0, 0.1) is 0 Å². The highest BCUT2D eigenvalue weighted by atomic mass is 16.6. The summed E-state index contributed by atoms with van der Waals surface area (Å²) in [6.07, 6.45) is 4.75. The predicted octanol–water partition coefficient (Wildman–Crippen LogP) is 4.33. The van der Waals surface area contributed by atoms with Crippen LogP contribution in [0.15, 0.2) is 66.9 Å². The lowest BCUT2D eigenvalue weighted by atomic mass is 10.1. The molecule has 2 aromatic carbocycles. The Kier molecular flexibility index (Phi) is 9.22. The Bertz CT molecular complexity index is 1330. The van der Waals surface area contributed by atoms with Gasteiger partial charge in [-0.15, -0.1) is 0 Å². The van der Waals surface area contributed by atoms with Gasteiger partial charge < -0.3 is 20.1 Å². The number of nitrogens with one attached hydrogen (secondary N) is 1. The first-order valence-electron chi connectivity index (χ1n) is 14.0. The zero-order valence-electron chi connectivity index (χ0n) is 23.0. The molecule has 0 unspecified atom stereocenters. The Morgan fingerprint density at radius 3 is 2.05 bits per heavy atom. The van der Waals surface area contributed by atoms with Gasteiger partial charge in [0.25, 0.3) is 5.91 Å². The lowest BCUT2D eigenvalue weighted by Gasteiger charge is -2.33. The Morgan fingerprint density at radius 1 is 0.756 bits per heavy atom. The monoisotopic (exact) mass is 557 g/mol. The van der Waals surface area contributed by atoms with E-state index in [2.05, 4.69) is 20.1 Å². The minimum absolute atomic E-state index is 0.157. The van der Waals surface area contributed by atoms with Crippen LogP contribution in [0.3, 0.4) is 0 Å². The molecular formula is C31H35N5O5. The van der Waals surface area contributed by atoms with Crippen LogP contribution in [0.4, 0.5) is 10.5 Å². The van der Waals surface area contributed by atoms with Crippen LogP contribution in [0.1, 0.15) is 51.2 Å². The average Bonchev–Trinajstić information content (AvgIpc) is 2.99. The SMILES string of the molecule is O=C(O)c1ccc(CN2CCN(C(=O)Oc3ccc(NC(=O)c4ccc(CN5CCCCC5)cc4)cc3)CC2)nc1. The number of carbonyl (C=O) groups is 3. The van der Waals surface area contributed by atoms with E-state index in [1.54, 1.807) is 41.3 Å². The van der Waals surface area contributed by atoms with Crippen LogP contribution >= 0.6 is 0 Å². The molecule has 0 saturated carbocycles. The van der Waals surface area contributed by atoms with Crippen LogP contribution in [0.25, 0.3) is 0 Å². The van der Waals surface area contributed by atoms with Gasteiger partial charge in [-0.25, -0.2) is 9.59 Å². The number of pyridine rings is 1. The summed E-state index contributed by atoms with van der Waals surface area (Å²) in [6, 6.07) is 17.8. The average molecular weight is 558 g/mol. The van der Waals surface area contributed by atoms with Crippen molar-refractivity contribution in [3.05, 3.63) is 89.2 Å². The third kappa shape index (κ3) is 7.90. The maximum atomic E-state index is 12.7. The van der Waals surface area contributed by atoms with E-state index in [0.29, 0.717) is 49.7 Å². The first-order chi connectivity index (χ1) is 19.9. The molecule has 2 fully saturated rings. The molecule has 10 nitrogen and oxygen atoms in total. The summed E-state index contributed by atoms with van der Waals surface area (Å²) in [5.41, 5.74) is 3.36. The summed E-state index contributed by atoms with van der Waals surface area (Å²) in [5.74, 6) is -0.787. The van der Waals surface area contributed by atoms with Gasteiger partial charge in [0, 0.05) is 56.7 Å². The number of ether oxygens (including phenoxy) is 1. The summed E-state index contributed by atoms with van der Waals surface area (Å²) in [4.78, 5) is 46.9. The van der Waals surface area contributed by atoms with E-state index < -0.39 is 12.1 Å². The van der Waals surface area contributed by atoms with E-state index in [-0.39, 0.29) is 11.5 Å². The fourth-order valence-electron chi connectivity index (χ4n) is 5.07. The van der Waals surface area contributed by atoms with Crippen molar-refractivity contribution < 1.29 is 24.2 Å². The second-order valence-corrected chi connectivity index (χ2v) is 10.5. The molecule has 0 radical (unpaired) electrons. The molecule has 2 aliphatic rings. The molecule has 3 heterocycles. The van der Waals surface area contributed by atoms with Crippen LogP contribution in [-0.2, 0) is 13.1 Å². The summed E-state index contributed by atoms with van der Waals surface area (Å²) in [7, 11) is 0. The van der Waals surface area contributed by atoms with Gasteiger partial charge in [0.15, 0.2) is 0 Å². The lowest BCUT2D eigenvalue weighted by Crippen LogP contribution is -2.49. The molecule has 41 heavy (non-hydrogen) atoms. The van der Waals surface area contributed by atoms with E-state index >= 15 is 0 Å². The maximum Gasteiger partial charge on any atom is 0.415 e. The van der Waals surface area contributed by atoms with Crippen molar-refractivity contribution >= 4 is 23.7 Å². The Hall–Kier alpha value is -4.28. The van der Waals surface area contributed by atoms with Crippen molar-refractivity contribution in [2.24, 2.45) is 0 Å². The van der Waals surface area contributed by atoms with Crippen molar-refractivity contribution in [2.45, 2.75) is 32.4 Å². The van der Waals surface area contributed by atoms with Crippen LogP contribution in [0.5, 0.6) is 5.75 Å². The molecule has 2 saturated heterocycles. The Balaban J connectivity index is 1.05. The van der Waals surface area contributed by atoms with Crippen molar-refractivity contribution in [2.75, 3.05) is 44.6 Å². The van der Waals surface area contributed by atoms with Crippen molar-refractivity contribution in [3.8, 4) is 5.75 Å². The summed E-state index contributed by atoms with van der Waals surface area (Å²) in [5, 5.41) is 11.9. The third-order valence-corrected chi connectivity index (χ3v) is 7.48. The number of nitrogens with zero attached hydrogens (tertiary/aromatic N) is 4. The zero-order valence-corrected chi connectivity index (χ0v) is 23.0. The first kappa shape index (κ1) is 28.3. The van der Waals surface area contributed by atoms with E-state index in [1.807, 2.05) is 24.3 Å². The van der Waals surface area contributed by atoms with Crippen molar-refractivity contribution in [1.82, 2.24) is 19.7 Å². The molecule has 2 aliphatic heterocycles. The predicted molar refractivity (Wildman–Crippen MR) is 154 cm³/mol. The number of piperazine rings is 1. The van der Waals surface area contributed by atoms with Crippen LogP contribution in [-0.4, -0.2) is 82.0 Å². The molecule has 0 bridgehead atoms. The lowest BCUT2D eigenvalue weighted by molar-refractivity contribution is 0.0696. The number of carbonyl (C=O) groups excluding carboxylic acids is 2. The highest BCUT2D eigenvalue weighted by molar-refractivity contribution is 6.04. The molecule has 0 spiro atoms. The minimum Gasteiger partial charge on any atom is -0.478 e. The van der Waals surface area contributed by atoms with E-state index in [9.17, 15) is 14.4 Å². The second kappa shape index (κ2) is 13.4. The number of rotatable bonds is 8. The smallest absolute Gasteiger partial charge is 0.415 e. The van der Waals surface area contributed by atoms with E-state index in [4.69, 9.17) is 9.84 Å². The van der Waals surface area contributed by atoms with Gasteiger partial charge in [-0.05, 0) is 80.0 Å². The molecule has 2 amide bonds. The highest BCUT2D eigenvalue weighted by Crippen LogP contribution is 2.19. The summed E-state index contributed by atoms with van der Waals surface area (Å²) >= 11 is 0. The highest BCUT2D eigenvalue weighted by Gasteiger charge is 2.23. The largest absolute Gasteiger partial charge is 0.478 e. The number of anilines is 1. The molecular weight excluding hydrogens is 522 g/mol. The van der Waals surface area contributed by atoms with E-state index in [0.717, 1.165) is 25.3 Å². The van der Waals surface area contributed by atoms with Gasteiger partial charge in [-0.1, -0.05) is 18.6 Å². The Morgan fingerprint density at radius 2 is 1.41 bits per heavy atom. The molecule has 3 aromatic rings. The maximum absolute atomic E-state index is 12.7. The quantitative estimate of drug-likeness (QED) is 0.421. The number of hydrogen-bond donors (Lipinski definition) is 2. The first-order valence-corrected chi connectivity index (χ1v) is 14.0. The van der Waals surface area contributed by atoms with Gasteiger partial charge in [-0.2, -0.15) is 0 Å². The zero-order chi connectivity index (χ0) is 28.6. The molecule has 214 valence electrons. The fraction of sp³-hybridized carbons (Fsp3) is 0.355. The number of benzene rings is 2. The molecule has 0 atom stereocenters. The molecule has 2 N–H and O–H groups in total. The van der Waals surface area contributed by atoms with Crippen molar-refractivity contribution in [3.63, 3.8) is 0 Å². The minimum atomic E-state index is -1.00. The number of aromatic nitrogens is 1. The number of aromatic carboxylic acids is 1. The summed E-state index contributed by atoms with van der Waals surface area (Å²) in [6.45, 7) is 6.10. The van der Waals surface area contributed by atoms with E-state index in [1.165, 1.54) is 31.0 Å². The number of carboxylic acids is 1. The number of piperidine rings is 1. The number of amides is 2. The second-order valence-electron chi connectivity index (χ2n) is 10.5. The summed E-state index contributed by atoms with van der Waals surface area (Å²) < 4.78 is 5.55. The molecule has 10 heteroatoms. The van der Waals surface area contributed by atoms with Gasteiger partial charge in [-0.3, -0.25) is 19.6 Å². The number of hydrogen-bond acceptors (Lipinski definition) is 7.